The topological polar surface area (TPSA) is 75.7 Å². The number of methoxy groups -OCH3 is 1. The molecule has 0 saturated carbocycles. The highest BCUT2D eigenvalue weighted by Crippen LogP contribution is 2.23. The van der Waals surface area contributed by atoms with Crippen LogP contribution in [0.3, 0.4) is 0 Å². The number of carbonyl (C=O) groups is 1. The lowest BCUT2D eigenvalue weighted by molar-refractivity contribution is 0.0954. The summed E-state index contributed by atoms with van der Waals surface area (Å²) in [4.78, 5) is 12.5. The molecule has 0 spiro atoms. The van der Waals surface area contributed by atoms with Gasteiger partial charge in [-0.15, -0.1) is 11.3 Å². The number of thiophene rings is 1. The minimum atomic E-state index is -3.22. The molecule has 21 heavy (non-hydrogen) atoms. The lowest BCUT2D eigenvalue weighted by Crippen LogP contribution is -2.38. The Balaban J connectivity index is 2.45. The van der Waals surface area contributed by atoms with Crippen LogP contribution in [0.5, 0.6) is 5.75 Å². The first-order valence-corrected chi connectivity index (χ1v) is 9.36. The number of ether oxygens (including phenoxy) is 1. The van der Waals surface area contributed by atoms with Gasteiger partial charge in [0.05, 0.1) is 13.4 Å². The van der Waals surface area contributed by atoms with Crippen molar-refractivity contribution in [2.24, 2.45) is 0 Å². The molecule has 0 fully saturated rings. The largest absolute Gasteiger partial charge is 0.495 e. The molecule has 8 heteroatoms. The first kappa shape index (κ1) is 17.9. The maximum Gasteiger partial charge on any atom is 0.265 e. The van der Waals surface area contributed by atoms with E-state index in [1.807, 2.05) is 13.8 Å². The van der Waals surface area contributed by atoms with E-state index in [0.717, 1.165) is 0 Å². The van der Waals surface area contributed by atoms with Crippen molar-refractivity contribution in [1.29, 1.82) is 0 Å². The molecule has 0 bridgehead atoms. The van der Waals surface area contributed by atoms with Crippen LogP contribution >= 0.6 is 11.3 Å². The zero-order valence-electron chi connectivity index (χ0n) is 12.8. The number of rotatable bonds is 8. The molecule has 1 aromatic heterocycles. The summed E-state index contributed by atoms with van der Waals surface area (Å²) in [6.07, 6.45) is 1.76. The predicted molar refractivity (Wildman–Crippen MR) is 84.5 cm³/mol. The van der Waals surface area contributed by atoms with Crippen LogP contribution in [0, 0.1) is 0 Å². The fraction of sp³-hybridized carbons (Fsp3) is 0.615. The van der Waals surface area contributed by atoms with Gasteiger partial charge in [-0.3, -0.25) is 4.79 Å². The average molecular weight is 334 g/mol. The van der Waals surface area contributed by atoms with Gasteiger partial charge < -0.3 is 10.1 Å². The zero-order valence-corrected chi connectivity index (χ0v) is 14.4. The van der Waals surface area contributed by atoms with E-state index in [1.165, 1.54) is 29.0 Å². The van der Waals surface area contributed by atoms with E-state index >= 15 is 0 Å². The van der Waals surface area contributed by atoms with Crippen molar-refractivity contribution in [2.45, 2.75) is 26.3 Å². The minimum absolute atomic E-state index is 0.0897. The smallest absolute Gasteiger partial charge is 0.265 e. The van der Waals surface area contributed by atoms with Crippen molar-refractivity contribution in [1.82, 2.24) is 9.62 Å². The van der Waals surface area contributed by atoms with E-state index in [2.05, 4.69) is 5.32 Å². The molecule has 0 aliphatic rings. The van der Waals surface area contributed by atoms with Crippen LogP contribution in [0.2, 0.25) is 0 Å². The second-order valence-corrected chi connectivity index (χ2v) is 7.75. The molecule has 6 nitrogen and oxygen atoms in total. The molecule has 1 heterocycles. The Morgan fingerprint density at radius 2 is 2.14 bits per heavy atom. The normalized spacial score (nSPS) is 11.9. The Kier molecular flexibility index (Phi) is 6.63. The lowest BCUT2D eigenvalue weighted by Gasteiger charge is -2.23. The van der Waals surface area contributed by atoms with E-state index in [-0.39, 0.29) is 11.9 Å². The molecular weight excluding hydrogens is 312 g/mol. The van der Waals surface area contributed by atoms with Gasteiger partial charge in [-0.25, -0.2) is 8.42 Å². The maximum atomic E-state index is 11.9. The number of nitrogens with zero attached hydrogens (tertiary/aromatic N) is 1. The van der Waals surface area contributed by atoms with Crippen LogP contribution in [0.15, 0.2) is 11.4 Å². The van der Waals surface area contributed by atoms with Crippen LogP contribution in [0.25, 0.3) is 0 Å². The van der Waals surface area contributed by atoms with Gasteiger partial charge in [-0.05, 0) is 31.7 Å². The standard InChI is InChI=1S/C13H22N2O4S2/c1-10(2)15(21(4,17)18)8-5-7-14-13(16)12-11(19-3)6-9-20-12/h6,9-10H,5,7-8H2,1-4H3,(H,14,16). The molecular formula is C13H22N2O4S2. The predicted octanol–water partition coefficient (Wildman–Crippen LogP) is 1.55. The Labute approximate surface area is 130 Å². The van der Waals surface area contributed by atoms with Gasteiger partial charge >= 0.3 is 0 Å². The highest BCUT2D eigenvalue weighted by molar-refractivity contribution is 7.88. The van der Waals surface area contributed by atoms with Crippen LogP contribution in [-0.2, 0) is 10.0 Å². The van der Waals surface area contributed by atoms with Gasteiger partial charge in [0, 0.05) is 19.1 Å². The van der Waals surface area contributed by atoms with Crippen LogP contribution in [0.1, 0.15) is 29.9 Å². The van der Waals surface area contributed by atoms with Gasteiger partial charge in [-0.2, -0.15) is 4.31 Å². The van der Waals surface area contributed by atoms with Crippen molar-refractivity contribution in [2.75, 3.05) is 26.5 Å². The summed E-state index contributed by atoms with van der Waals surface area (Å²) >= 11 is 1.31. The number of amides is 1. The van der Waals surface area contributed by atoms with Crippen LogP contribution in [0.4, 0.5) is 0 Å². The molecule has 120 valence electrons. The second kappa shape index (κ2) is 7.77. The number of hydrogen-bond acceptors (Lipinski definition) is 5. The third-order valence-corrected chi connectivity index (χ3v) is 5.25. The highest BCUT2D eigenvalue weighted by atomic mass is 32.2. The van der Waals surface area contributed by atoms with Gasteiger partial charge in [0.15, 0.2) is 0 Å². The van der Waals surface area contributed by atoms with E-state index < -0.39 is 10.0 Å². The Morgan fingerprint density at radius 1 is 1.48 bits per heavy atom. The fourth-order valence-electron chi connectivity index (χ4n) is 1.95. The third kappa shape index (κ3) is 5.29. The summed E-state index contributed by atoms with van der Waals surface area (Å²) in [6, 6.07) is 1.65. The third-order valence-electron chi connectivity index (χ3n) is 2.90. The molecule has 1 rings (SSSR count). The maximum absolute atomic E-state index is 11.9. The van der Waals surface area contributed by atoms with E-state index in [4.69, 9.17) is 4.74 Å². The second-order valence-electron chi connectivity index (χ2n) is 4.90. The average Bonchev–Trinajstić information content (AvgIpc) is 2.84. The number of sulfonamides is 1. The fourth-order valence-corrected chi connectivity index (χ4v) is 3.95. The van der Waals surface area contributed by atoms with Crippen molar-refractivity contribution < 1.29 is 17.9 Å². The molecule has 0 aliphatic carbocycles. The van der Waals surface area contributed by atoms with Gasteiger partial charge in [0.2, 0.25) is 10.0 Å². The zero-order chi connectivity index (χ0) is 16.0. The minimum Gasteiger partial charge on any atom is -0.495 e. The first-order valence-electron chi connectivity index (χ1n) is 6.64. The SMILES string of the molecule is COc1ccsc1C(=O)NCCCN(C(C)C)S(C)(=O)=O. The summed E-state index contributed by atoms with van der Waals surface area (Å²) in [5.41, 5.74) is 0. The summed E-state index contributed by atoms with van der Waals surface area (Å²) in [5.74, 6) is 0.356. The van der Waals surface area contributed by atoms with E-state index in [9.17, 15) is 13.2 Å². The number of hydrogen-bond donors (Lipinski definition) is 1. The summed E-state index contributed by atoms with van der Waals surface area (Å²) in [7, 11) is -1.70. The summed E-state index contributed by atoms with van der Waals surface area (Å²) < 4.78 is 29.7. The van der Waals surface area contributed by atoms with E-state index in [1.54, 1.807) is 11.4 Å². The first-order chi connectivity index (χ1) is 9.77. The molecule has 0 atom stereocenters. The summed E-state index contributed by atoms with van der Waals surface area (Å²) in [6.45, 7) is 4.46. The van der Waals surface area contributed by atoms with Gasteiger partial charge in [-0.1, -0.05) is 0 Å². The molecule has 0 radical (unpaired) electrons. The Hall–Kier alpha value is -1.12. The molecule has 1 amide bonds. The molecule has 1 aromatic rings. The van der Waals surface area contributed by atoms with Gasteiger partial charge in [0.25, 0.3) is 5.91 Å². The highest BCUT2D eigenvalue weighted by Gasteiger charge is 2.19. The molecule has 0 aliphatic heterocycles. The Morgan fingerprint density at radius 3 is 2.67 bits per heavy atom. The molecule has 0 unspecified atom stereocenters. The van der Waals surface area contributed by atoms with Crippen molar-refractivity contribution >= 4 is 27.3 Å². The molecule has 0 saturated heterocycles. The molecule has 0 aromatic carbocycles. The van der Waals surface area contributed by atoms with Crippen molar-refractivity contribution in [3.63, 3.8) is 0 Å². The van der Waals surface area contributed by atoms with Crippen molar-refractivity contribution in [3.8, 4) is 5.75 Å². The number of carbonyl (C=O) groups excluding carboxylic acids is 1. The van der Waals surface area contributed by atoms with Crippen LogP contribution in [-0.4, -0.2) is 51.1 Å². The summed E-state index contributed by atoms with van der Waals surface area (Å²) in [5, 5.41) is 4.57. The Bertz CT molecular complexity index is 566. The van der Waals surface area contributed by atoms with Gasteiger partial charge in [0.1, 0.15) is 10.6 Å². The monoisotopic (exact) mass is 334 g/mol. The van der Waals surface area contributed by atoms with E-state index in [0.29, 0.717) is 30.1 Å². The van der Waals surface area contributed by atoms with Crippen LogP contribution < -0.4 is 10.1 Å². The molecule has 1 N–H and O–H groups in total. The lowest BCUT2D eigenvalue weighted by atomic mass is 10.3. The number of nitrogens with one attached hydrogen (secondary N) is 1. The quantitative estimate of drug-likeness (QED) is 0.732. The van der Waals surface area contributed by atoms with Crippen molar-refractivity contribution in [3.05, 3.63) is 16.3 Å².